The van der Waals surface area contributed by atoms with Gasteiger partial charge < -0.3 is 0 Å². The van der Waals surface area contributed by atoms with Crippen LogP contribution in [0.2, 0.25) is 0 Å². The van der Waals surface area contributed by atoms with E-state index in [1.54, 1.807) is 0 Å². The molecule has 1 rings (SSSR count). The van der Waals surface area contributed by atoms with Gasteiger partial charge in [-0.1, -0.05) is 24.2 Å². The quantitative estimate of drug-likeness (QED) is 0.421. The zero-order chi connectivity index (χ0) is 8.59. The van der Waals surface area contributed by atoms with E-state index >= 15 is 0 Å². The lowest BCUT2D eigenvalue weighted by Crippen LogP contribution is -1.67. The van der Waals surface area contributed by atoms with E-state index in [1.807, 2.05) is 0 Å². The van der Waals surface area contributed by atoms with Crippen molar-refractivity contribution in [1.29, 1.82) is 0 Å². The van der Waals surface area contributed by atoms with E-state index < -0.39 is 12.8 Å². The first kappa shape index (κ1) is 1.00. The molecule has 0 saturated carbocycles. The van der Waals surface area contributed by atoms with Crippen LogP contribution in [0.1, 0.15) is 19.6 Å². The average molecular weight is 85.2 g/mol. The van der Waals surface area contributed by atoms with Gasteiger partial charge in [0, 0.05) is 2.74 Å². The van der Waals surface area contributed by atoms with Gasteiger partial charge in [0.05, 0.1) is 4.11 Å². The predicted molar refractivity (Wildman–Crippen MR) is 27.5 cm³/mol. The highest BCUT2D eigenvalue weighted by atomic mass is 13.8. The van der Waals surface area contributed by atoms with Crippen molar-refractivity contribution in [1.82, 2.24) is 0 Å². The fourth-order valence-corrected chi connectivity index (χ4v) is 0.269. The second-order valence-corrected chi connectivity index (χ2v) is 0.939. The minimum atomic E-state index is -0.989. The Bertz CT molecular complexity index is 229. The Balaban J connectivity index is 3.02. The smallest absolute Gasteiger partial charge is 0.0619 e. The van der Waals surface area contributed by atoms with Crippen LogP contribution in [0.5, 0.6) is 0 Å². The Labute approximate surface area is 45.2 Å². The molecule has 2 atom stereocenters. The minimum Gasteiger partial charge on any atom is -0.0842 e. The third-order valence-electron chi connectivity index (χ3n) is 0.503. The highest BCUT2D eigenvalue weighted by Gasteiger charge is 1.77. The standard InChI is InChI=1S/C6H8/c1-2-4-6-5-3-1/h1-4H,5-6H2/i1D,2D,3D,5D,6D. The van der Waals surface area contributed by atoms with Crippen LogP contribution in [0.15, 0.2) is 24.2 Å². The Morgan fingerprint density at radius 3 is 3.50 bits per heavy atom. The zero-order valence-electron chi connectivity index (χ0n) is 8.23. The fourth-order valence-electron chi connectivity index (χ4n) is 0.269. The van der Waals surface area contributed by atoms with Crippen LogP contribution in [-0.4, -0.2) is 0 Å². The highest BCUT2D eigenvalue weighted by Crippen LogP contribution is 1.98. The lowest BCUT2D eigenvalue weighted by atomic mass is 10.2. The van der Waals surface area contributed by atoms with Crippen LogP contribution < -0.4 is 0 Å². The molecule has 1 aliphatic carbocycles. The van der Waals surface area contributed by atoms with E-state index in [4.69, 9.17) is 6.85 Å². The minimum absolute atomic E-state index is 0.112. The van der Waals surface area contributed by atoms with Gasteiger partial charge in [0.15, 0.2) is 0 Å². The number of allylic oxidation sites excluding steroid dienone is 4. The summed E-state index contributed by atoms with van der Waals surface area (Å²) in [4.78, 5) is 0. The number of hydrogen-bond acceptors (Lipinski definition) is 0. The van der Waals surface area contributed by atoms with E-state index in [0.717, 1.165) is 0 Å². The van der Waals surface area contributed by atoms with Crippen molar-refractivity contribution >= 4 is 0 Å². The molecule has 0 heteroatoms. The highest BCUT2D eigenvalue weighted by molar-refractivity contribution is 5.07. The maximum absolute atomic E-state index is 7.22. The Morgan fingerprint density at radius 2 is 2.50 bits per heavy atom. The molecule has 0 aliphatic heterocycles. The van der Waals surface area contributed by atoms with Crippen LogP contribution in [0.3, 0.4) is 0 Å². The predicted octanol–water partition coefficient (Wildman–Crippen LogP) is 1.89. The van der Waals surface area contributed by atoms with Gasteiger partial charge in [0.25, 0.3) is 0 Å². The van der Waals surface area contributed by atoms with Crippen molar-refractivity contribution in [2.24, 2.45) is 0 Å². The monoisotopic (exact) mass is 85.1 g/mol. The van der Waals surface area contributed by atoms with Crippen molar-refractivity contribution in [2.75, 3.05) is 0 Å². The SMILES string of the molecule is [2H]C1=CC([2H])C([2H])C([2H])=C1[2H]. The summed E-state index contributed by atoms with van der Waals surface area (Å²) < 4.78 is 35.9. The normalized spacial score (nSPS) is 60.0. The summed E-state index contributed by atoms with van der Waals surface area (Å²) in [6.45, 7) is 0. The third kappa shape index (κ3) is 0.713. The molecule has 6 heavy (non-hydrogen) atoms. The number of rotatable bonds is 0. The molecule has 0 saturated heterocycles. The Morgan fingerprint density at radius 1 is 1.50 bits per heavy atom. The van der Waals surface area contributed by atoms with Gasteiger partial charge in [-0.2, -0.15) is 0 Å². The van der Waals surface area contributed by atoms with Gasteiger partial charge in [0.2, 0.25) is 0 Å². The van der Waals surface area contributed by atoms with Gasteiger partial charge >= 0.3 is 0 Å². The molecule has 0 spiro atoms. The number of hydrogen-bond donors (Lipinski definition) is 0. The maximum Gasteiger partial charge on any atom is 0.0619 e. The first-order chi connectivity index (χ1) is 5.04. The summed E-state index contributed by atoms with van der Waals surface area (Å²) in [6, 6.07) is -0.565. The van der Waals surface area contributed by atoms with E-state index in [1.165, 1.54) is 6.08 Å². The van der Waals surface area contributed by atoms with Crippen LogP contribution in [0.4, 0.5) is 0 Å². The van der Waals surface area contributed by atoms with Crippen molar-refractivity contribution in [3.63, 3.8) is 0 Å². The van der Waals surface area contributed by atoms with Gasteiger partial charge in [0.1, 0.15) is 0 Å². The molecule has 0 fully saturated rings. The molecule has 0 aromatic rings. The second kappa shape index (κ2) is 1.81. The molecular weight excluding hydrogens is 72.1 g/mol. The average Bonchev–Trinajstić information content (AvgIpc) is 1.97. The summed E-state index contributed by atoms with van der Waals surface area (Å²) >= 11 is 0. The maximum atomic E-state index is 7.22. The topological polar surface area (TPSA) is 0 Å². The molecule has 0 N–H and O–H groups in total. The van der Waals surface area contributed by atoms with Crippen LogP contribution in [0.25, 0.3) is 0 Å². The molecule has 0 bridgehead atoms. The molecule has 32 valence electrons. The zero-order valence-corrected chi connectivity index (χ0v) is 3.23. The molecule has 0 nitrogen and oxygen atoms in total. The van der Waals surface area contributed by atoms with Crippen LogP contribution in [0, 0.1) is 0 Å². The van der Waals surface area contributed by atoms with Crippen molar-refractivity contribution in [3.8, 4) is 0 Å². The van der Waals surface area contributed by atoms with E-state index in [9.17, 15) is 0 Å². The molecule has 0 aromatic carbocycles. The van der Waals surface area contributed by atoms with Gasteiger partial charge in [-0.25, -0.2) is 0 Å². The van der Waals surface area contributed by atoms with Crippen LogP contribution >= 0.6 is 0 Å². The molecule has 0 amide bonds. The van der Waals surface area contributed by atoms with Crippen molar-refractivity contribution in [2.45, 2.75) is 12.8 Å². The Hall–Kier alpha value is -0.520. The summed E-state index contributed by atoms with van der Waals surface area (Å²) in [6.07, 6.45) is -0.626. The summed E-state index contributed by atoms with van der Waals surface area (Å²) in [5, 5.41) is 0. The van der Waals surface area contributed by atoms with E-state index in [-0.39, 0.29) is 18.2 Å². The second-order valence-electron chi connectivity index (χ2n) is 0.939. The molecular formula is C6H8. The molecule has 0 radical (unpaired) electrons. The fraction of sp³-hybridized carbons (Fsp3) is 0.333. The lowest BCUT2D eigenvalue weighted by Gasteiger charge is -1.88. The summed E-state index contributed by atoms with van der Waals surface area (Å²) in [5.41, 5.74) is 0. The summed E-state index contributed by atoms with van der Waals surface area (Å²) in [5.74, 6) is 0. The van der Waals surface area contributed by atoms with Crippen molar-refractivity contribution < 1.29 is 6.85 Å². The third-order valence-corrected chi connectivity index (χ3v) is 0.503. The Kier molecular flexibility index (Phi) is 0.302. The van der Waals surface area contributed by atoms with Crippen LogP contribution in [-0.2, 0) is 0 Å². The lowest BCUT2D eigenvalue weighted by molar-refractivity contribution is 1.04. The molecule has 1 aliphatic rings. The van der Waals surface area contributed by atoms with E-state index in [0.29, 0.717) is 0 Å². The summed E-state index contributed by atoms with van der Waals surface area (Å²) in [7, 11) is 0. The van der Waals surface area contributed by atoms with Gasteiger partial charge in [-0.3, -0.25) is 0 Å². The molecule has 2 unspecified atom stereocenters. The van der Waals surface area contributed by atoms with Gasteiger partial charge in [-0.15, -0.1) is 0 Å². The molecule has 0 heterocycles. The first-order valence-electron chi connectivity index (χ1n) is 4.40. The first-order valence-corrected chi connectivity index (χ1v) is 1.74. The van der Waals surface area contributed by atoms with Crippen molar-refractivity contribution in [3.05, 3.63) is 24.2 Å². The largest absolute Gasteiger partial charge is 0.0842 e. The van der Waals surface area contributed by atoms with Gasteiger partial charge in [-0.05, 0) is 12.8 Å². The molecule has 0 aromatic heterocycles. The van der Waals surface area contributed by atoms with E-state index in [2.05, 4.69) is 0 Å².